The molecular formula is C38H46N6O6. The SMILES string of the molecule is CCCCOC1=CC(=[N+]=[N-])C(OCCCC)C(NC(=O)c2ccccc2)=C1.CCOC1=CC(=[N+]=[N-])C(OCC)C(NC(=O)c2ccccc2)=C1. The minimum absolute atomic E-state index is 0.252. The van der Waals surface area contributed by atoms with Crippen LogP contribution in [0.2, 0.25) is 0 Å². The van der Waals surface area contributed by atoms with Gasteiger partial charge in [-0.3, -0.25) is 9.59 Å². The molecule has 0 bridgehead atoms. The lowest BCUT2D eigenvalue weighted by molar-refractivity contribution is -0.0253. The molecule has 12 nitrogen and oxygen atoms in total. The van der Waals surface area contributed by atoms with E-state index < -0.39 is 12.2 Å². The minimum Gasteiger partial charge on any atom is -0.494 e. The summed E-state index contributed by atoms with van der Waals surface area (Å²) in [7, 11) is 0. The fraction of sp³-hybridized carbons (Fsp3) is 0.368. The largest absolute Gasteiger partial charge is 0.494 e. The Hall–Kier alpha value is -5.38. The van der Waals surface area contributed by atoms with Crippen LogP contribution in [0.3, 0.4) is 0 Å². The fourth-order valence-electron chi connectivity index (χ4n) is 4.78. The Bertz CT molecular complexity index is 1650. The van der Waals surface area contributed by atoms with Crippen LogP contribution < -0.4 is 10.6 Å². The Morgan fingerprint density at radius 1 is 0.620 bits per heavy atom. The molecular weight excluding hydrogens is 636 g/mol. The van der Waals surface area contributed by atoms with E-state index in [1.807, 2.05) is 26.0 Å². The van der Waals surface area contributed by atoms with Crippen LogP contribution in [0.5, 0.6) is 0 Å². The van der Waals surface area contributed by atoms with Crippen molar-refractivity contribution in [1.82, 2.24) is 10.6 Å². The molecule has 2 amide bonds. The molecule has 0 radical (unpaired) electrons. The topological polar surface area (TPSA) is 168 Å². The summed E-state index contributed by atoms with van der Waals surface area (Å²) in [5.41, 5.74) is 21.3. The summed E-state index contributed by atoms with van der Waals surface area (Å²) in [4.78, 5) is 31.5. The van der Waals surface area contributed by atoms with Gasteiger partial charge >= 0.3 is 11.4 Å². The standard InChI is InChI=1S/C21H27N3O3.C17H19N3O3/c1-3-5-12-26-17-14-18(23-21(25)16-10-8-7-9-11-16)20(19(15-17)24-22)27-13-6-4-2;1-3-22-13-10-14(16(23-4-2)15(11-13)20-18)19-17(21)12-8-6-5-7-9-12/h7-11,14-15,20H,3-6,12-13H2,1-2H3,(H,23,25);5-11,16H,3-4H2,1-2H3,(H,19,21). The van der Waals surface area contributed by atoms with E-state index in [2.05, 4.69) is 34.1 Å². The number of benzene rings is 2. The zero-order valence-corrected chi connectivity index (χ0v) is 29.1. The van der Waals surface area contributed by atoms with Gasteiger partial charge in [-0.1, -0.05) is 63.1 Å². The van der Waals surface area contributed by atoms with Crippen molar-refractivity contribution in [3.63, 3.8) is 0 Å². The molecule has 2 N–H and O–H groups in total. The predicted molar refractivity (Wildman–Crippen MR) is 190 cm³/mol. The van der Waals surface area contributed by atoms with E-state index >= 15 is 0 Å². The van der Waals surface area contributed by atoms with E-state index in [1.54, 1.807) is 72.8 Å². The third kappa shape index (κ3) is 11.9. The quantitative estimate of drug-likeness (QED) is 0.122. The van der Waals surface area contributed by atoms with Gasteiger partial charge in [0.2, 0.25) is 0 Å². The molecule has 2 aromatic carbocycles. The molecule has 2 aliphatic rings. The third-order valence-electron chi connectivity index (χ3n) is 7.29. The van der Waals surface area contributed by atoms with E-state index in [4.69, 9.17) is 18.9 Å². The van der Waals surface area contributed by atoms with Gasteiger partial charge in [-0.15, -0.1) is 0 Å². The second kappa shape index (κ2) is 21.6. The Kier molecular flexibility index (Phi) is 16.8. The summed E-state index contributed by atoms with van der Waals surface area (Å²) in [6, 6.07) is 17.8. The van der Waals surface area contributed by atoms with Crippen LogP contribution in [0.15, 0.2) is 108 Å². The van der Waals surface area contributed by atoms with Crippen molar-refractivity contribution in [1.29, 1.82) is 0 Å². The number of hydrogen-bond donors (Lipinski definition) is 2. The Balaban J connectivity index is 0.000000274. The van der Waals surface area contributed by atoms with Crippen molar-refractivity contribution in [3.8, 4) is 0 Å². The molecule has 2 unspecified atom stereocenters. The lowest BCUT2D eigenvalue weighted by atomic mass is 10.0. The van der Waals surface area contributed by atoms with Crippen LogP contribution in [0, 0.1) is 0 Å². The highest BCUT2D eigenvalue weighted by Gasteiger charge is 2.34. The monoisotopic (exact) mass is 682 g/mol. The van der Waals surface area contributed by atoms with E-state index in [0.29, 0.717) is 66.2 Å². The molecule has 0 heterocycles. The normalized spacial score (nSPS) is 16.6. The molecule has 0 aliphatic heterocycles. The molecule has 0 saturated carbocycles. The average Bonchev–Trinajstić information content (AvgIpc) is 3.14. The van der Waals surface area contributed by atoms with E-state index in [9.17, 15) is 20.7 Å². The number of nitrogens with zero attached hydrogens (tertiary/aromatic N) is 4. The van der Waals surface area contributed by atoms with Crippen molar-refractivity contribution in [2.75, 3.05) is 26.4 Å². The number of ether oxygens (including phenoxy) is 4. The fourth-order valence-corrected chi connectivity index (χ4v) is 4.78. The Morgan fingerprint density at radius 3 is 1.52 bits per heavy atom. The van der Waals surface area contributed by atoms with Gasteiger partial charge in [-0.05, 0) is 51.0 Å². The molecule has 0 aromatic heterocycles. The highest BCUT2D eigenvalue weighted by atomic mass is 16.5. The van der Waals surface area contributed by atoms with Crippen LogP contribution in [0.1, 0.15) is 74.1 Å². The van der Waals surface area contributed by atoms with Gasteiger partial charge in [0.05, 0.1) is 36.8 Å². The molecule has 4 rings (SSSR count). The van der Waals surface area contributed by atoms with Crippen LogP contribution in [0.25, 0.3) is 11.1 Å². The molecule has 2 atom stereocenters. The first-order valence-electron chi connectivity index (χ1n) is 16.9. The number of rotatable bonds is 16. The molecule has 12 heteroatoms. The average molecular weight is 683 g/mol. The van der Waals surface area contributed by atoms with Gasteiger partial charge < -0.3 is 40.6 Å². The van der Waals surface area contributed by atoms with Crippen LogP contribution in [-0.2, 0) is 18.9 Å². The van der Waals surface area contributed by atoms with Gasteiger partial charge in [0.25, 0.3) is 11.8 Å². The molecule has 2 aliphatic carbocycles. The lowest BCUT2D eigenvalue weighted by Gasteiger charge is -2.22. The van der Waals surface area contributed by atoms with Gasteiger partial charge in [-0.2, -0.15) is 9.58 Å². The number of unbranched alkanes of at least 4 members (excludes halogenated alkanes) is 2. The van der Waals surface area contributed by atoms with E-state index in [1.165, 1.54) is 0 Å². The molecule has 50 heavy (non-hydrogen) atoms. The van der Waals surface area contributed by atoms with E-state index in [-0.39, 0.29) is 17.5 Å². The summed E-state index contributed by atoms with van der Waals surface area (Å²) in [5, 5.41) is 5.69. The van der Waals surface area contributed by atoms with Crippen molar-refractivity contribution < 1.29 is 38.1 Å². The maximum absolute atomic E-state index is 12.6. The van der Waals surface area contributed by atoms with Gasteiger partial charge in [-0.25, -0.2) is 0 Å². The summed E-state index contributed by atoms with van der Waals surface area (Å²) < 4.78 is 22.6. The van der Waals surface area contributed by atoms with Crippen molar-refractivity contribution in [2.24, 2.45) is 0 Å². The highest BCUT2D eigenvalue weighted by Crippen LogP contribution is 2.20. The summed E-state index contributed by atoms with van der Waals surface area (Å²) >= 11 is 0. The summed E-state index contributed by atoms with van der Waals surface area (Å²) in [6.07, 6.45) is 9.13. The second-order valence-electron chi connectivity index (χ2n) is 11.1. The number of hydrogen-bond acceptors (Lipinski definition) is 6. The zero-order valence-electron chi connectivity index (χ0n) is 29.1. The third-order valence-corrected chi connectivity index (χ3v) is 7.29. The molecule has 2 aromatic rings. The van der Waals surface area contributed by atoms with Crippen molar-refractivity contribution in [3.05, 3.63) is 130 Å². The highest BCUT2D eigenvalue weighted by molar-refractivity contribution is 6.02. The Morgan fingerprint density at radius 2 is 1.08 bits per heavy atom. The van der Waals surface area contributed by atoms with Crippen LogP contribution in [0.4, 0.5) is 0 Å². The maximum Gasteiger partial charge on any atom is 0.330 e. The predicted octanol–water partition coefficient (Wildman–Crippen LogP) is 6.18. The number of amides is 2. The minimum atomic E-state index is -0.651. The maximum atomic E-state index is 12.6. The number of allylic oxidation sites excluding steroid dienone is 2. The number of carbonyl (C=O) groups is 2. The zero-order chi connectivity index (χ0) is 36.1. The Labute approximate surface area is 293 Å². The summed E-state index contributed by atoms with van der Waals surface area (Å²) in [6.45, 7) is 9.74. The summed E-state index contributed by atoms with van der Waals surface area (Å²) in [5.74, 6) is 0.518. The molecule has 0 fully saturated rings. The smallest absolute Gasteiger partial charge is 0.330 e. The van der Waals surface area contributed by atoms with Crippen LogP contribution >= 0.6 is 0 Å². The van der Waals surface area contributed by atoms with Gasteiger partial charge in [0.15, 0.2) is 12.2 Å². The molecule has 264 valence electrons. The van der Waals surface area contributed by atoms with Crippen molar-refractivity contribution in [2.45, 2.75) is 65.6 Å². The van der Waals surface area contributed by atoms with Crippen molar-refractivity contribution >= 4 is 23.2 Å². The van der Waals surface area contributed by atoms with E-state index in [0.717, 1.165) is 25.7 Å². The second-order valence-corrected chi connectivity index (χ2v) is 11.1. The molecule has 0 saturated heterocycles. The first-order valence-corrected chi connectivity index (χ1v) is 16.9. The number of carbonyl (C=O) groups excluding carboxylic acids is 2. The van der Waals surface area contributed by atoms with Gasteiger partial charge in [0.1, 0.15) is 11.5 Å². The van der Waals surface area contributed by atoms with Gasteiger partial charge in [0, 0.05) is 36.5 Å². The number of nitrogens with one attached hydrogen (secondary N) is 2. The first-order chi connectivity index (χ1) is 24.4. The molecule has 0 spiro atoms. The van der Waals surface area contributed by atoms with Crippen LogP contribution in [-0.4, -0.2) is 71.5 Å². The lowest BCUT2D eigenvalue weighted by Crippen LogP contribution is -2.38. The first kappa shape index (κ1) is 39.1.